The van der Waals surface area contributed by atoms with Crippen molar-refractivity contribution in [2.24, 2.45) is 0 Å². The Morgan fingerprint density at radius 3 is 2.24 bits per heavy atom. The van der Waals surface area contributed by atoms with E-state index in [1.165, 1.54) is 6.07 Å². The van der Waals surface area contributed by atoms with Crippen molar-refractivity contribution in [1.82, 2.24) is 15.2 Å². The number of hydrogen-bond acceptors (Lipinski definition) is 6. The highest BCUT2D eigenvalue weighted by molar-refractivity contribution is 7.90. The first-order valence-corrected chi connectivity index (χ1v) is 14.0. The fraction of sp³-hybridized carbons (Fsp3) is 0.241. The normalized spacial score (nSPS) is 15.8. The first-order chi connectivity index (χ1) is 18.2. The highest BCUT2D eigenvalue weighted by atomic mass is 32.2. The van der Waals surface area contributed by atoms with Gasteiger partial charge in [-0.05, 0) is 48.6 Å². The summed E-state index contributed by atoms with van der Waals surface area (Å²) in [7, 11) is -4.14. The quantitative estimate of drug-likeness (QED) is 0.355. The lowest BCUT2D eigenvalue weighted by Gasteiger charge is -2.25. The average Bonchev–Trinajstić information content (AvgIpc) is 3.26. The van der Waals surface area contributed by atoms with Gasteiger partial charge in [-0.15, -0.1) is 0 Å². The van der Waals surface area contributed by atoms with Crippen LogP contribution in [0.3, 0.4) is 0 Å². The third-order valence-electron chi connectivity index (χ3n) is 6.50. The molecule has 38 heavy (non-hydrogen) atoms. The minimum Gasteiger partial charge on any atom is -0.478 e. The zero-order valence-corrected chi connectivity index (χ0v) is 22.2. The van der Waals surface area contributed by atoms with Gasteiger partial charge in [0.1, 0.15) is 0 Å². The molecule has 0 radical (unpaired) electrons. The van der Waals surface area contributed by atoms with Crippen molar-refractivity contribution < 1.29 is 23.1 Å². The van der Waals surface area contributed by atoms with Crippen molar-refractivity contribution in [2.45, 2.75) is 44.0 Å². The Labute approximate surface area is 223 Å². The number of allylic oxidation sites excluding steroid dienone is 1. The van der Waals surface area contributed by atoms with Crippen LogP contribution in [0, 0.1) is 0 Å². The first kappa shape index (κ1) is 27.1. The van der Waals surface area contributed by atoms with E-state index in [0.717, 1.165) is 17.7 Å². The summed E-state index contributed by atoms with van der Waals surface area (Å²) in [4.78, 5) is 24.6. The number of carboxylic acid groups (broad SMARTS) is 1. The van der Waals surface area contributed by atoms with E-state index in [0.29, 0.717) is 36.1 Å². The summed E-state index contributed by atoms with van der Waals surface area (Å²) in [5, 5.41) is 11.9. The molecule has 4 rings (SSSR count). The maximum Gasteiger partial charge on any atom is 0.335 e. The van der Waals surface area contributed by atoms with Crippen LogP contribution in [0.25, 0.3) is 11.1 Å². The molecule has 198 valence electrons. The van der Waals surface area contributed by atoms with Gasteiger partial charge in [0.05, 0.1) is 16.5 Å². The maximum absolute atomic E-state index is 13.2. The summed E-state index contributed by atoms with van der Waals surface area (Å²) in [6, 6.07) is 21.8. The van der Waals surface area contributed by atoms with Gasteiger partial charge in [-0.1, -0.05) is 74.5 Å². The van der Waals surface area contributed by atoms with Crippen LogP contribution >= 0.6 is 0 Å². The van der Waals surface area contributed by atoms with Crippen molar-refractivity contribution in [2.75, 3.05) is 6.54 Å². The molecule has 1 atom stereocenters. The predicted molar refractivity (Wildman–Crippen MR) is 146 cm³/mol. The highest BCUT2D eigenvalue weighted by Gasteiger charge is 2.35. The molecule has 1 heterocycles. The van der Waals surface area contributed by atoms with E-state index in [9.17, 15) is 23.1 Å². The highest BCUT2D eigenvalue weighted by Crippen LogP contribution is 2.30. The van der Waals surface area contributed by atoms with Crippen LogP contribution in [0.15, 0.2) is 95.0 Å². The van der Waals surface area contributed by atoms with Crippen LogP contribution in [-0.2, 0) is 21.2 Å². The second kappa shape index (κ2) is 11.6. The zero-order valence-electron chi connectivity index (χ0n) is 21.3. The molecule has 0 fully saturated rings. The van der Waals surface area contributed by atoms with Crippen molar-refractivity contribution >= 4 is 21.9 Å². The number of benzene rings is 3. The molecular formula is C29H31N3O5S. The van der Waals surface area contributed by atoms with Gasteiger partial charge in [0.25, 0.3) is 15.9 Å². The molecule has 0 bridgehead atoms. The summed E-state index contributed by atoms with van der Waals surface area (Å²) >= 11 is 0. The smallest absolute Gasteiger partial charge is 0.335 e. The molecule has 0 aromatic heterocycles. The minimum absolute atomic E-state index is 0.00479. The fourth-order valence-corrected chi connectivity index (χ4v) is 5.89. The number of carboxylic acids is 1. The van der Waals surface area contributed by atoms with Crippen LogP contribution in [0.5, 0.6) is 0 Å². The topological polar surface area (TPSA) is 116 Å². The number of nitrogens with one attached hydrogen (secondary N) is 2. The van der Waals surface area contributed by atoms with Gasteiger partial charge in [0.2, 0.25) is 0 Å². The van der Waals surface area contributed by atoms with Crippen molar-refractivity contribution in [3.8, 4) is 11.1 Å². The van der Waals surface area contributed by atoms with Gasteiger partial charge in [-0.25, -0.2) is 22.9 Å². The number of hydrogen-bond donors (Lipinski definition) is 3. The number of carbonyl (C=O) groups is 2. The van der Waals surface area contributed by atoms with Gasteiger partial charge >= 0.3 is 5.97 Å². The van der Waals surface area contributed by atoms with E-state index in [-0.39, 0.29) is 16.5 Å². The standard InChI is InChI=1S/C29H31N3O5S/c1-3-18-32-25(27(29(34)35)24(4-2)30-32)19-20-14-16-21(17-15-20)23-12-8-9-13-26(23)38(36,37)31-28(33)22-10-6-5-7-11-22/h5-17,25,30H,3-4,18-19H2,1-2H3,(H,31,33)(H,34,35). The average molecular weight is 534 g/mol. The third-order valence-corrected chi connectivity index (χ3v) is 7.88. The molecule has 0 aliphatic carbocycles. The number of nitrogens with zero attached hydrogens (tertiary/aromatic N) is 1. The zero-order chi connectivity index (χ0) is 27.3. The van der Waals surface area contributed by atoms with Crippen LogP contribution in [0.4, 0.5) is 0 Å². The van der Waals surface area contributed by atoms with Gasteiger partial charge in [-0.2, -0.15) is 0 Å². The van der Waals surface area contributed by atoms with Gasteiger partial charge < -0.3 is 10.5 Å². The van der Waals surface area contributed by atoms with Crippen molar-refractivity contribution in [1.29, 1.82) is 0 Å². The van der Waals surface area contributed by atoms with Crippen LogP contribution < -0.4 is 10.1 Å². The van der Waals surface area contributed by atoms with E-state index < -0.39 is 21.9 Å². The SMILES string of the molecule is CCCN1NC(CC)=C(C(=O)O)C1Cc1ccc(-c2ccccc2S(=O)(=O)NC(=O)c2ccccc2)cc1. The molecule has 0 spiro atoms. The first-order valence-electron chi connectivity index (χ1n) is 12.5. The lowest BCUT2D eigenvalue weighted by molar-refractivity contribution is -0.133. The molecule has 9 heteroatoms. The van der Waals surface area contributed by atoms with Gasteiger partial charge in [0.15, 0.2) is 0 Å². The number of amides is 1. The second-order valence-corrected chi connectivity index (χ2v) is 10.7. The van der Waals surface area contributed by atoms with Crippen molar-refractivity contribution in [3.63, 3.8) is 0 Å². The molecule has 0 saturated heterocycles. The van der Waals surface area contributed by atoms with Crippen LogP contribution in [0.1, 0.15) is 42.6 Å². The Hall–Kier alpha value is -3.95. The predicted octanol–water partition coefficient (Wildman–Crippen LogP) is 4.36. The second-order valence-electron chi connectivity index (χ2n) is 9.07. The molecule has 1 amide bonds. The maximum atomic E-state index is 13.2. The molecule has 1 aliphatic rings. The van der Waals surface area contributed by atoms with Crippen LogP contribution in [0.2, 0.25) is 0 Å². The molecule has 1 aliphatic heterocycles. The van der Waals surface area contributed by atoms with E-state index in [4.69, 9.17) is 0 Å². The van der Waals surface area contributed by atoms with E-state index in [1.54, 1.807) is 48.5 Å². The number of carbonyl (C=O) groups excluding carboxylic acids is 1. The van der Waals surface area contributed by atoms with E-state index in [1.807, 2.05) is 43.1 Å². The molecule has 3 aromatic carbocycles. The minimum atomic E-state index is -4.14. The lowest BCUT2D eigenvalue weighted by atomic mass is 9.96. The number of hydrazine groups is 1. The molecule has 3 N–H and O–H groups in total. The van der Waals surface area contributed by atoms with E-state index >= 15 is 0 Å². The van der Waals surface area contributed by atoms with Gasteiger partial charge in [-0.3, -0.25) is 4.79 Å². The lowest BCUT2D eigenvalue weighted by Crippen LogP contribution is -2.41. The third kappa shape index (κ3) is 5.79. The Balaban J connectivity index is 1.59. The summed E-state index contributed by atoms with van der Waals surface area (Å²) in [6.45, 7) is 4.69. The molecule has 0 saturated carbocycles. The summed E-state index contributed by atoms with van der Waals surface area (Å²) in [5.74, 6) is -1.63. The Kier molecular flexibility index (Phi) is 8.29. The summed E-state index contributed by atoms with van der Waals surface area (Å²) in [5.41, 5.74) is 6.67. The Morgan fingerprint density at radius 1 is 0.947 bits per heavy atom. The van der Waals surface area contributed by atoms with Crippen LogP contribution in [-0.4, -0.2) is 43.0 Å². The Bertz CT molecular complexity index is 1450. The molecular weight excluding hydrogens is 502 g/mol. The van der Waals surface area contributed by atoms with Gasteiger partial charge in [0, 0.05) is 23.4 Å². The summed E-state index contributed by atoms with van der Waals surface area (Å²) in [6.07, 6.45) is 1.97. The summed E-state index contributed by atoms with van der Waals surface area (Å²) < 4.78 is 28.5. The van der Waals surface area contributed by atoms with E-state index in [2.05, 4.69) is 10.1 Å². The molecule has 8 nitrogen and oxygen atoms in total. The fourth-order valence-electron chi connectivity index (χ4n) is 4.68. The largest absolute Gasteiger partial charge is 0.478 e. The monoisotopic (exact) mass is 533 g/mol. The van der Waals surface area contributed by atoms with Crippen molar-refractivity contribution in [3.05, 3.63) is 101 Å². The number of sulfonamides is 1. The number of rotatable bonds is 10. The number of aliphatic carboxylic acids is 1. The molecule has 3 aromatic rings. The molecule has 1 unspecified atom stereocenters. The Morgan fingerprint density at radius 2 is 1.61 bits per heavy atom.